The Hall–Kier alpha value is -4.40. The summed E-state index contributed by atoms with van der Waals surface area (Å²) in [6, 6.07) is 3.43. The summed E-state index contributed by atoms with van der Waals surface area (Å²) in [4.78, 5) is 60.3. The number of allylic oxidation sites excluding steroid dienone is 1. The number of hydrogen-bond acceptors (Lipinski definition) is 9. The Bertz CT molecular complexity index is 1910. The number of hydrogen-bond donors (Lipinski definition) is 4. The zero-order chi connectivity index (χ0) is 36.3. The molecule has 4 amide bonds. The van der Waals surface area contributed by atoms with Crippen LogP contribution in [0, 0.1) is 17.8 Å². The highest BCUT2D eigenvalue weighted by Crippen LogP contribution is 2.48. The second-order valence-electron chi connectivity index (χ2n) is 15.3. The van der Waals surface area contributed by atoms with Gasteiger partial charge in [-0.15, -0.1) is 0 Å². The molecular formula is C36H45N5O9S. The van der Waals surface area contributed by atoms with Crippen LogP contribution in [0.25, 0.3) is 10.8 Å². The highest BCUT2D eigenvalue weighted by molar-refractivity contribution is 7.91. The molecule has 274 valence electrons. The summed E-state index contributed by atoms with van der Waals surface area (Å²) < 4.78 is 39.7. The van der Waals surface area contributed by atoms with Crippen LogP contribution in [0.4, 0.5) is 4.79 Å². The summed E-state index contributed by atoms with van der Waals surface area (Å²) in [5, 5.41) is 16.6. The Labute approximate surface area is 296 Å². The van der Waals surface area contributed by atoms with Gasteiger partial charge >= 0.3 is 6.09 Å². The maximum Gasteiger partial charge on any atom is 0.405 e. The maximum atomic E-state index is 14.4. The lowest BCUT2D eigenvalue weighted by molar-refractivity contribution is -0.142. The molecule has 0 bridgehead atoms. The third-order valence-electron chi connectivity index (χ3n) is 11.4. The van der Waals surface area contributed by atoms with E-state index in [1.54, 1.807) is 13.1 Å². The molecule has 1 aromatic carbocycles. The first-order chi connectivity index (χ1) is 24.2. The van der Waals surface area contributed by atoms with Gasteiger partial charge in [0.2, 0.25) is 27.7 Å². The number of benzene rings is 1. The monoisotopic (exact) mass is 723 g/mol. The van der Waals surface area contributed by atoms with Crippen molar-refractivity contribution in [2.45, 2.75) is 101 Å². The third kappa shape index (κ3) is 6.60. The Balaban J connectivity index is 1.21. The van der Waals surface area contributed by atoms with Crippen molar-refractivity contribution in [1.29, 1.82) is 0 Å². The molecule has 4 heterocycles. The molecule has 2 aromatic rings. The predicted octanol–water partition coefficient (Wildman–Crippen LogP) is 3.04. The van der Waals surface area contributed by atoms with E-state index in [9.17, 15) is 32.7 Å². The van der Waals surface area contributed by atoms with Crippen LogP contribution in [0.5, 0.6) is 11.6 Å². The number of fused-ring (bicyclic) bond motifs is 5. The van der Waals surface area contributed by atoms with E-state index >= 15 is 0 Å². The number of carbonyl (C=O) groups is 4. The van der Waals surface area contributed by atoms with Gasteiger partial charge in [0.1, 0.15) is 29.5 Å². The second kappa shape index (κ2) is 13.0. The van der Waals surface area contributed by atoms with Crippen molar-refractivity contribution in [2.75, 3.05) is 13.2 Å². The van der Waals surface area contributed by atoms with E-state index < -0.39 is 74.1 Å². The van der Waals surface area contributed by atoms with Gasteiger partial charge in [0.05, 0.1) is 17.9 Å². The lowest BCUT2D eigenvalue weighted by atomic mass is 9.88. The zero-order valence-electron chi connectivity index (χ0n) is 29.0. The Morgan fingerprint density at radius 3 is 2.67 bits per heavy atom. The predicted molar refractivity (Wildman–Crippen MR) is 185 cm³/mol. The lowest BCUT2D eigenvalue weighted by Crippen LogP contribution is -2.59. The number of ether oxygens (including phenoxy) is 2. The molecule has 3 fully saturated rings. The minimum Gasteiger partial charge on any atom is -0.492 e. The molecular weight excluding hydrogens is 678 g/mol. The number of nitrogens with one attached hydrogen (secondary N) is 3. The molecule has 7 atom stereocenters. The minimum atomic E-state index is -3.99. The molecule has 0 unspecified atom stereocenters. The topological polar surface area (TPSA) is 193 Å². The molecule has 7 rings (SSSR count). The molecule has 1 saturated heterocycles. The van der Waals surface area contributed by atoms with E-state index in [4.69, 9.17) is 9.47 Å². The molecule has 51 heavy (non-hydrogen) atoms. The van der Waals surface area contributed by atoms with Crippen LogP contribution < -0.4 is 24.8 Å². The van der Waals surface area contributed by atoms with Gasteiger partial charge in [0.25, 0.3) is 5.91 Å². The van der Waals surface area contributed by atoms with Gasteiger partial charge in [-0.05, 0) is 75.0 Å². The summed E-state index contributed by atoms with van der Waals surface area (Å²) >= 11 is 0. The molecule has 14 nitrogen and oxygen atoms in total. The van der Waals surface area contributed by atoms with Crippen LogP contribution in [-0.4, -0.2) is 88.8 Å². The van der Waals surface area contributed by atoms with Gasteiger partial charge in [-0.25, -0.2) is 18.2 Å². The molecule has 0 spiro atoms. The van der Waals surface area contributed by atoms with Crippen LogP contribution in [-0.2, 0) is 30.8 Å². The van der Waals surface area contributed by atoms with Gasteiger partial charge in [-0.1, -0.05) is 32.1 Å². The number of carboxylic acid groups (broad SMARTS) is 1. The van der Waals surface area contributed by atoms with Crippen molar-refractivity contribution >= 4 is 44.6 Å². The molecule has 3 aliphatic heterocycles. The number of carbonyl (C=O) groups excluding carboxylic acids is 3. The van der Waals surface area contributed by atoms with E-state index in [0.29, 0.717) is 43.6 Å². The first-order valence-corrected chi connectivity index (χ1v) is 19.2. The highest BCUT2D eigenvalue weighted by Gasteiger charge is 2.63. The van der Waals surface area contributed by atoms with Crippen LogP contribution in [0.3, 0.4) is 0 Å². The molecule has 1 aromatic heterocycles. The zero-order valence-corrected chi connectivity index (χ0v) is 29.8. The number of aromatic nitrogens is 1. The van der Waals surface area contributed by atoms with Crippen LogP contribution in [0.1, 0.15) is 71.3 Å². The largest absolute Gasteiger partial charge is 0.492 e. The van der Waals surface area contributed by atoms with Crippen molar-refractivity contribution in [1.82, 2.24) is 25.2 Å². The van der Waals surface area contributed by atoms with Crippen molar-refractivity contribution in [3.05, 3.63) is 42.1 Å². The smallest absolute Gasteiger partial charge is 0.405 e. The van der Waals surface area contributed by atoms with Gasteiger partial charge in [-0.2, -0.15) is 0 Å². The summed E-state index contributed by atoms with van der Waals surface area (Å²) in [5.74, 6) is -1.70. The summed E-state index contributed by atoms with van der Waals surface area (Å²) in [7, 11) is -3.99. The third-order valence-corrected chi connectivity index (χ3v) is 13.5. The summed E-state index contributed by atoms with van der Waals surface area (Å²) in [6.07, 6.45) is 7.15. The molecule has 2 saturated carbocycles. The van der Waals surface area contributed by atoms with E-state index in [1.807, 2.05) is 44.2 Å². The van der Waals surface area contributed by atoms with Crippen LogP contribution >= 0.6 is 0 Å². The Morgan fingerprint density at radius 2 is 1.92 bits per heavy atom. The van der Waals surface area contributed by atoms with Gasteiger partial charge in [0, 0.05) is 35.7 Å². The number of nitrogens with zero attached hydrogens (tertiary/aromatic N) is 2. The normalized spacial score (nSPS) is 32.2. The van der Waals surface area contributed by atoms with Gasteiger partial charge < -0.3 is 30.1 Å². The number of rotatable bonds is 6. The fourth-order valence-corrected chi connectivity index (χ4v) is 9.17. The van der Waals surface area contributed by atoms with E-state index in [-0.39, 0.29) is 25.3 Å². The van der Waals surface area contributed by atoms with E-state index in [0.717, 1.165) is 29.5 Å². The van der Waals surface area contributed by atoms with Gasteiger partial charge in [0.15, 0.2) is 0 Å². The lowest BCUT2D eigenvalue weighted by Gasteiger charge is -2.32. The van der Waals surface area contributed by atoms with Crippen molar-refractivity contribution in [3.63, 3.8) is 0 Å². The molecule has 0 radical (unpaired) electrons. The molecule has 4 N–H and O–H groups in total. The van der Waals surface area contributed by atoms with Crippen LogP contribution in [0.15, 0.2) is 36.5 Å². The second-order valence-corrected chi connectivity index (χ2v) is 17.4. The quantitative estimate of drug-likeness (QED) is 0.322. The molecule has 2 aliphatic carbocycles. The summed E-state index contributed by atoms with van der Waals surface area (Å²) in [6.45, 7) is 5.96. The van der Waals surface area contributed by atoms with E-state index in [1.165, 1.54) is 4.90 Å². The van der Waals surface area contributed by atoms with Crippen molar-refractivity contribution < 1.29 is 42.2 Å². The molecule has 5 aliphatic rings. The SMILES string of the molecule is C[C@H]1CC/C=C\[C@@H]2C[C@@]2(C(=O)NS(=O)(=O)C2(C)CC2)NC(=O)[C@@H]2C[C@@H](Oc3nccc4c5c(ccc34)CCO5)CN2C(=O)[C@@H](NC(=O)O)[C@H](C)C1. The fourth-order valence-electron chi connectivity index (χ4n) is 7.86. The average molecular weight is 724 g/mol. The number of pyridine rings is 1. The maximum absolute atomic E-state index is 14.4. The minimum absolute atomic E-state index is 0.0240. The van der Waals surface area contributed by atoms with Crippen LogP contribution in [0.2, 0.25) is 0 Å². The first kappa shape index (κ1) is 35.0. The number of amides is 4. The van der Waals surface area contributed by atoms with Crippen molar-refractivity contribution in [3.8, 4) is 11.6 Å². The Kier molecular flexibility index (Phi) is 8.91. The Morgan fingerprint density at radius 1 is 1.14 bits per heavy atom. The van der Waals surface area contributed by atoms with E-state index in [2.05, 4.69) is 20.3 Å². The number of sulfonamides is 1. The first-order valence-electron chi connectivity index (χ1n) is 17.8. The highest BCUT2D eigenvalue weighted by atomic mass is 32.2. The standard InChI is InChI=1S/C36H45N5O9S/c1-20-6-4-5-7-23-18-36(23,33(44)40-51(47,48)35(3)12-13-35)39-30(42)27-17-24(19-41(27)32(43)28(21(2)16-20)38-34(45)46)50-31-26-9-8-22-11-15-49-29(22)25(26)10-14-37-31/h5,7-10,14,20-21,23-24,27-28,38H,4,6,11-13,15-19H2,1-3H3,(H,39,42)(H,40,44)(H,45,46)/b7-5-/t20-,21+,23+,24+,27-,28-,36+/m0/s1. The summed E-state index contributed by atoms with van der Waals surface area (Å²) in [5.41, 5.74) is -0.450. The van der Waals surface area contributed by atoms with Crippen molar-refractivity contribution in [2.24, 2.45) is 17.8 Å². The fraction of sp³-hybridized carbons (Fsp3) is 0.583. The average Bonchev–Trinajstić information content (AvgIpc) is 3.85. The van der Waals surface area contributed by atoms with Gasteiger partial charge in [-0.3, -0.25) is 19.1 Å². The molecule has 15 heteroatoms.